The van der Waals surface area contributed by atoms with E-state index in [0.717, 1.165) is 22.3 Å². The number of rotatable bonds is 4. The van der Waals surface area contributed by atoms with Crippen molar-refractivity contribution in [2.75, 3.05) is 0 Å². The van der Waals surface area contributed by atoms with Crippen LogP contribution in [0.4, 0.5) is 0 Å². The minimum Gasteiger partial charge on any atom is -0.487 e. The second kappa shape index (κ2) is 5.96. The normalized spacial score (nSPS) is 11.0. The predicted molar refractivity (Wildman–Crippen MR) is 86.6 cm³/mol. The van der Waals surface area contributed by atoms with Crippen LogP contribution < -0.4 is 4.74 Å². The van der Waals surface area contributed by atoms with Crippen molar-refractivity contribution in [1.29, 1.82) is 0 Å². The summed E-state index contributed by atoms with van der Waals surface area (Å²) in [4.78, 5) is 4.62. The molecule has 106 valence electrons. The molecule has 1 aromatic heterocycles. The lowest BCUT2D eigenvalue weighted by Gasteiger charge is -2.10. The van der Waals surface area contributed by atoms with Crippen molar-refractivity contribution in [2.24, 2.45) is 0 Å². The summed E-state index contributed by atoms with van der Waals surface area (Å²) in [6.07, 6.45) is 0. The largest absolute Gasteiger partial charge is 0.487 e. The highest BCUT2D eigenvalue weighted by Gasteiger charge is 2.03. The molecule has 3 aromatic rings. The van der Waals surface area contributed by atoms with Crippen molar-refractivity contribution in [1.82, 2.24) is 4.98 Å². The summed E-state index contributed by atoms with van der Waals surface area (Å²) in [5, 5.41) is 1.16. The van der Waals surface area contributed by atoms with Crippen molar-refractivity contribution in [2.45, 2.75) is 26.4 Å². The quantitative estimate of drug-likeness (QED) is 0.674. The Labute approximate surface area is 125 Å². The average molecular weight is 277 g/mol. The van der Waals surface area contributed by atoms with Gasteiger partial charge in [0.1, 0.15) is 12.4 Å². The molecule has 0 aliphatic rings. The van der Waals surface area contributed by atoms with Crippen LogP contribution >= 0.6 is 0 Å². The molecular formula is C19H19NO. The van der Waals surface area contributed by atoms with Crippen molar-refractivity contribution in [3.8, 4) is 5.75 Å². The number of fused-ring (bicyclic) bond motifs is 1. The van der Waals surface area contributed by atoms with Crippen LogP contribution in [0.2, 0.25) is 0 Å². The Kier molecular flexibility index (Phi) is 3.87. The molecule has 0 unspecified atom stereocenters. The molecule has 0 bridgehead atoms. The molecule has 0 spiro atoms. The van der Waals surface area contributed by atoms with Gasteiger partial charge in [-0.1, -0.05) is 50.2 Å². The molecule has 0 N–H and O–H groups in total. The van der Waals surface area contributed by atoms with E-state index in [9.17, 15) is 0 Å². The molecule has 2 heteroatoms. The SMILES string of the molecule is CC(C)c1cccc(OCc2ccc3ccccc3n2)c1. The van der Waals surface area contributed by atoms with Gasteiger partial charge in [-0.3, -0.25) is 0 Å². The Hall–Kier alpha value is -2.35. The van der Waals surface area contributed by atoms with E-state index >= 15 is 0 Å². The number of ether oxygens (including phenoxy) is 1. The number of para-hydroxylation sites is 1. The van der Waals surface area contributed by atoms with E-state index < -0.39 is 0 Å². The fraction of sp³-hybridized carbons (Fsp3) is 0.211. The molecule has 0 fully saturated rings. The number of benzene rings is 2. The van der Waals surface area contributed by atoms with Gasteiger partial charge in [-0.05, 0) is 35.7 Å². The third-order valence-electron chi connectivity index (χ3n) is 3.57. The summed E-state index contributed by atoms with van der Waals surface area (Å²) in [6.45, 7) is 4.86. The Morgan fingerprint density at radius 1 is 0.952 bits per heavy atom. The van der Waals surface area contributed by atoms with Gasteiger partial charge in [0, 0.05) is 5.39 Å². The average Bonchev–Trinajstić information content (AvgIpc) is 2.53. The summed E-state index contributed by atoms with van der Waals surface area (Å²) in [6, 6.07) is 20.5. The minimum absolute atomic E-state index is 0.492. The topological polar surface area (TPSA) is 22.1 Å². The molecule has 1 heterocycles. The van der Waals surface area contributed by atoms with Gasteiger partial charge in [0.15, 0.2) is 0 Å². The lowest BCUT2D eigenvalue weighted by molar-refractivity contribution is 0.301. The van der Waals surface area contributed by atoms with Crippen LogP contribution in [-0.4, -0.2) is 4.98 Å². The summed E-state index contributed by atoms with van der Waals surface area (Å²) < 4.78 is 5.87. The molecule has 21 heavy (non-hydrogen) atoms. The van der Waals surface area contributed by atoms with Gasteiger partial charge in [0.2, 0.25) is 0 Å². The van der Waals surface area contributed by atoms with E-state index in [1.165, 1.54) is 5.56 Å². The molecule has 0 saturated heterocycles. The zero-order valence-corrected chi connectivity index (χ0v) is 12.4. The standard InChI is InChI=1S/C19H19NO/c1-14(2)16-7-5-8-18(12-16)21-13-17-11-10-15-6-3-4-9-19(15)20-17/h3-12,14H,13H2,1-2H3. The molecule has 0 atom stereocenters. The summed E-state index contributed by atoms with van der Waals surface area (Å²) in [5.74, 6) is 1.41. The van der Waals surface area contributed by atoms with E-state index in [0.29, 0.717) is 12.5 Å². The number of nitrogens with zero attached hydrogens (tertiary/aromatic N) is 1. The summed E-state index contributed by atoms with van der Waals surface area (Å²) in [7, 11) is 0. The van der Waals surface area contributed by atoms with Crippen molar-refractivity contribution >= 4 is 10.9 Å². The maximum absolute atomic E-state index is 5.87. The van der Waals surface area contributed by atoms with Crippen LogP contribution in [-0.2, 0) is 6.61 Å². The zero-order valence-electron chi connectivity index (χ0n) is 12.4. The van der Waals surface area contributed by atoms with Crippen molar-refractivity contribution in [3.05, 3.63) is 71.9 Å². The highest BCUT2D eigenvalue weighted by Crippen LogP contribution is 2.21. The van der Waals surface area contributed by atoms with Crippen LogP contribution in [0.1, 0.15) is 31.0 Å². The van der Waals surface area contributed by atoms with Gasteiger partial charge < -0.3 is 4.74 Å². The number of aromatic nitrogens is 1. The predicted octanol–water partition coefficient (Wildman–Crippen LogP) is 4.94. The second-order valence-corrected chi connectivity index (χ2v) is 5.51. The summed E-state index contributed by atoms with van der Waals surface area (Å²) in [5.41, 5.74) is 3.25. The highest BCUT2D eigenvalue weighted by molar-refractivity contribution is 5.78. The van der Waals surface area contributed by atoms with Gasteiger partial charge in [0.05, 0.1) is 11.2 Å². The monoisotopic (exact) mass is 277 g/mol. The van der Waals surface area contributed by atoms with Gasteiger partial charge >= 0.3 is 0 Å². The van der Waals surface area contributed by atoms with E-state index in [4.69, 9.17) is 4.74 Å². The number of hydrogen-bond acceptors (Lipinski definition) is 2. The van der Waals surface area contributed by atoms with Crippen LogP contribution in [0.5, 0.6) is 5.75 Å². The molecule has 0 aliphatic carbocycles. The van der Waals surface area contributed by atoms with Crippen LogP contribution in [0, 0.1) is 0 Å². The van der Waals surface area contributed by atoms with Crippen molar-refractivity contribution in [3.63, 3.8) is 0 Å². The van der Waals surface area contributed by atoms with E-state index in [-0.39, 0.29) is 0 Å². The fourth-order valence-electron chi connectivity index (χ4n) is 2.31. The smallest absolute Gasteiger partial charge is 0.130 e. The zero-order chi connectivity index (χ0) is 14.7. The van der Waals surface area contributed by atoms with Crippen LogP contribution in [0.3, 0.4) is 0 Å². The van der Waals surface area contributed by atoms with Gasteiger partial charge in [-0.2, -0.15) is 0 Å². The van der Waals surface area contributed by atoms with E-state index in [1.807, 2.05) is 36.4 Å². The molecule has 0 amide bonds. The third kappa shape index (κ3) is 3.22. The molecule has 2 nitrogen and oxygen atoms in total. The first-order valence-electron chi connectivity index (χ1n) is 7.30. The third-order valence-corrected chi connectivity index (χ3v) is 3.57. The maximum Gasteiger partial charge on any atom is 0.130 e. The van der Waals surface area contributed by atoms with Crippen LogP contribution in [0.25, 0.3) is 10.9 Å². The lowest BCUT2D eigenvalue weighted by atomic mass is 10.0. The first-order valence-corrected chi connectivity index (χ1v) is 7.30. The minimum atomic E-state index is 0.492. The molecule has 2 aromatic carbocycles. The Morgan fingerprint density at radius 2 is 1.81 bits per heavy atom. The Morgan fingerprint density at radius 3 is 2.67 bits per heavy atom. The Bertz CT molecular complexity index is 749. The van der Waals surface area contributed by atoms with E-state index in [2.05, 4.69) is 43.1 Å². The first-order chi connectivity index (χ1) is 10.2. The first kappa shape index (κ1) is 13.6. The van der Waals surface area contributed by atoms with Crippen molar-refractivity contribution < 1.29 is 4.74 Å². The molecule has 3 rings (SSSR count). The number of hydrogen-bond donors (Lipinski definition) is 0. The maximum atomic E-state index is 5.87. The van der Waals surface area contributed by atoms with Crippen LogP contribution in [0.15, 0.2) is 60.7 Å². The highest BCUT2D eigenvalue weighted by atomic mass is 16.5. The molecule has 0 radical (unpaired) electrons. The second-order valence-electron chi connectivity index (χ2n) is 5.51. The summed E-state index contributed by atoms with van der Waals surface area (Å²) >= 11 is 0. The molecular weight excluding hydrogens is 258 g/mol. The van der Waals surface area contributed by atoms with E-state index in [1.54, 1.807) is 0 Å². The Balaban J connectivity index is 1.75. The molecule has 0 aliphatic heterocycles. The fourth-order valence-corrected chi connectivity index (χ4v) is 2.31. The number of pyridine rings is 1. The van der Waals surface area contributed by atoms with Gasteiger partial charge in [0.25, 0.3) is 0 Å². The molecule has 0 saturated carbocycles. The van der Waals surface area contributed by atoms with Gasteiger partial charge in [-0.25, -0.2) is 4.98 Å². The lowest BCUT2D eigenvalue weighted by Crippen LogP contribution is -1.99. The van der Waals surface area contributed by atoms with Gasteiger partial charge in [-0.15, -0.1) is 0 Å².